The minimum absolute atomic E-state index is 0.128. The molecule has 1 atom stereocenters. The lowest BCUT2D eigenvalue weighted by molar-refractivity contribution is -0.160. The molecule has 1 aliphatic rings. The Balaban J connectivity index is 1.71. The van der Waals surface area contributed by atoms with Gasteiger partial charge in [0, 0.05) is 54.3 Å². The molecule has 1 aromatic carbocycles. The number of aromatic nitrogens is 2. The minimum Gasteiger partial charge on any atom is -0.479 e. The van der Waals surface area contributed by atoms with E-state index in [1.165, 1.54) is 24.4 Å². The zero-order chi connectivity index (χ0) is 30.8. The van der Waals surface area contributed by atoms with Crippen molar-refractivity contribution < 1.29 is 28.2 Å². The molecule has 0 unspecified atom stereocenters. The summed E-state index contributed by atoms with van der Waals surface area (Å²) in [6.07, 6.45) is 4.12. The molecule has 4 rings (SSSR count). The molecule has 226 valence electrons. The molecule has 7 nitrogen and oxygen atoms in total. The second-order valence-electron chi connectivity index (χ2n) is 12.8. The highest BCUT2D eigenvalue weighted by atomic mass is 19.1. The fourth-order valence-electron chi connectivity index (χ4n) is 5.24. The third kappa shape index (κ3) is 7.43. The van der Waals surface area contributed by atoms with Gasteiger partial charge in [-0.1, -0.05) is 19.9 Å². The summed E-state index contributed by atoms with van der Waals surface area (Å²) in [6.45, 7) is 15.1. The van der Waals surface area contributed by atoms with Gasteiger partial charge in [0.1, 0.15) is 5.82 Å². The van der Waals surface area contributed by atoms with Crippen LogP contribution in [-0.2, 0) is 16.0 Å². The van der Waals surface area contributed by atoms with Crippen LogP contribution in [0.3, 0.4) is 0 Å². The average molecular weight is 582 g/mol. The molecule has 0 aliphatic carbocycles. The van der Waals surface area contributed by atoms with E-state index in [0.717, 1.165) is 24.0 Å². The number of carboxylic acids is 1. The molecule has 2 aromatic heterocycles. The van der Waals surface area contributed by atoms with Crippen LogP contribution in [0.25, 0.3) is 11.1 Å². The number of hydrogen-bond donors (Lipinski definition) is 1. The normalized spacial score (nSPS) is 15.9. The molecule has 1 N–H and O–H groups in total. The fraction of sp³-hybridized carbons (Fsp3) is 0.485. The van der Waals surface area contributed by atoms with Crippen molar-refractivity contribution in [3.05, 3.63) is 70.7 Å². The van der Waals surface area contributed by atoms with E-state index in [9.17, 15) is 14.3 Å². The Labute approximate surface area is 246 Å². The van der Waals surface area contributed by atoms with Crippen molar-refractivity contribution in [2.75, 3.05) is 24.6 Å². The van der Waals surface area contributed by atoms with Crippen LogP contribution in [0.2, 0.25) is 0 Å². The van der Waals surface area contributed by atoms with E-state index in [2.05, 4.69) is 28.7 Å². The molecule has 0 spiro atoms. The van der Waals surface area contributed by atoms with Gasteiger partial charge in [-0.15, -0.1) is 0 Å². The number of anilines is 1. The van der Waals surface area contributed by atoms with E-state index in [-0.39, 0.29) is 23.7 Å². The monoisotopic (exact) mass is 581 g/mol. The largest absolute Gasteiger partial charge is 0.479 e. The van der Waals surface area contributed by atoms with Gasteiger partial charge in [-0.2, -0.15) is 0 Å². The number of aryl methyl sites for hydroxylation is 2. The Bertz CT molecular complexity index is 1440. The van der Waals surface area contributed by atoms with Crippen LogP contribution < -0.4 is 9.64 Å². The Morgan fingerprint density at radius 2 is 1.79 bits per heavy atom. The van der Waals surface area contributed by atoms with Crippen LogP contribution >= 0.6 is 0 Å². The molecule has 42 heavy (non-hydrogen) atoms. The molecule has 9 heteroatoms. The summed E-state index contributed by atoms with van der Waals surface area (Å²) >= 11 is 0. The van der Waals surface area contributed by atoms with E-state index in [0.29, 0.717) is 47.6 Å². The van der Waals surface area contributed by atoms with Gasteiger partial charge in [0.25, 0.3) is 0 Å². The number of pyridine rings is 2. The summed E-state index contributed by atoms with van der Waals surface area (Å²) < 4.78 is 40.7. The maximum atomic E-state index is 15.4. The lowest BCUT2D eigenvalue weighted by Gasteiger charge is -2.40. The fourth-order valence-corrected chi connectivity index (χ4v) is 5.24. The van der Waals surface area contributed by atoms with Crippen molar-refractivity contribution in [3.8, 4) is 17.0 Å². The second-order valence-corrected chi connectivity index (χ2v) is 12.8. The number of carboxylic acid groups (broad SMARTS) is 1. The zero-order valence-corrected chi connectivity index (χ0v) is 25.6. The second kappa shape index (κ2) is 12.3. The molecule has 1 fully saturated rings. The zero-order valence-electron chi connectivity index (χ0n) is 25.6. The van der Waals surface area contributed by atoms with Gasteiger partial charge in [0.05, 0.1) is 17.9 Å². The van der Waals surface area contributed by atoms with Gasteiger partial charge in [0.15, 0.2) is 11.9 Å². The number of nitrogens with zero attached hydrogens (tertiary/aromatic N) is 3. The number of carbonyl (C=O) groups is 1. The number of hydrogen-bond acceptors (Lipinski definition) is 6. The maximum absolute atomic E-state index is 15.4. The van der Waals surface area contributed by atoms with Crippen molar-refractivity contribution >= 4 is 11.7 Å². The summed E-state index contributed by atoms with van der Waals surface area (Å²) in [6, 6.07) is 5.89. The van der Waals surface area contributed by atoms with E-state index >= 15 is 4.39 Å². The first-order chi connectivity index (χ1) is 19.6. The Hall–Kier alpha value is -3.59. The van der Waals surface area contributed by atoms with E-state index in [1.54, 1.807) is 19.2 Å². The van der Waals surface area contributed by atoms with Gasteiger partial charge in [-0.05, 0) is 82.2 Å². The third-order valence-electron chi connectivity index (χ3n) is 7.72. The van der Waals surface area contributed by atoms with Crippen molar-refractivity contribution in [2.24, 2.45) is 5.41 Å². The van der Waals surface area contributed by atoms with Crippen molar-refractivity contribution in [2.45, 2.75) is 79.4 Å². The van der Waals surface area contributed by atoms with Gasteiger partial charge in [0.2, 0.25) is 5.88 Å². The summed E-state index contributed by atoms with van der Waals surface area (Å²) in [5.41, 5.74) is 3.83. The molecular formula is C33H41F2N3O4. The maximum Gasteiger partial charge on any atom is 0.337 e. The van der Waals surface area contributed by atoms with E-state index < -0.39 is 23.5 Å². The molecule has 3 heterocycles. The van der Waals surface area contributed by atoms with Gasteiger partial charge in [-0.25, -0.2) is 18.6 Å². The highest BCUT2D eigenvalue weighted by molar-refractivity contribution is 5.86. The van der Waals surface area contributed by atoms with Crippen molar-refractivity contribution in [3.63, 3.8) is 0 Å². The Morgan fingerprint density at radius 1 is 1.10 bits per heavy atom. The Kier molecular flexibility index (Phi) is 9.21. The smallest absolute Gasteiger partial charge is 0.337 e. The van der Waals surface area contributed by atoms with E-state index in [1.807, 2.05) is 27.7 Å². The van der Waals surface area contributed by atoms with E-state index in [4.69, 9.17) is 9.47 Å². The molecule has 0 radical (unpaired) electrons. The van der Waals surface area contributed by atoms with Crippen molar-refractivity contribution in [1.29, 1.82) is 0 Å². The summed E-state index contributed by atoms with van der Waals surface area (Å²) in [4.78, 5) is 23.5. The predicted octanol–water partition coefficient (Wildman–Crippen LogP) is 7.23. The summed E-state index contributed by atoms with van der Waals surface area (Å²) in [7, 11) is 0. The summed E-state index contributed by atoms with van der Waals surface area (Å²) in [5, 5.41) is 10.3. The van der Waals surface area contributed by atoms with Gasteiger partial charge < -0.3 is 19.5 Å². The van der Waals surface area contributed by atoms with Crippen LogP contribution in [0, 0.1) is 30.9 Å². The molecule has 0 amide bonds. The number of rotatable bonds is 9. The summed E-state index contributed by atoms with van der Waals surface area (Å²) in [5.74, 6) is -2.26. The van der Waals surface area contributed by atoms with Gasteiger partial charge in [-0.3, -0.25) is 4.98 Å². The Morgan fingerprint density at radius 3 is 2.40 bits per heavy atom. The van der Waals surface area contributed by atoms with Crippen LogP contribution in [0.5, 0.6) is 5.88 Å². The number of aliphatic carboxylic acids is 1. The molecule has 0 bridgehead atoms. The SMILES string of the molecule is Cc1ccc(F)cc1CCOc1ncc(-c2cnc(C)c([C@H](OC(C)(C)C)C(=O)O)c2N2CCC(C)(C)CC2)cc1F. The molecular weight excluding hydrogens is 540 g/mol. The number of piperidine rings is 1. The highest BCUT2D eigenvalue weighted by Crippen LogP contribution is 2.43. The quantitative estimate of drug-likeness (QED) is 0.285. The number of halogens is 2. The predicted molar refractivity (Wildman–Crippen MR) is 159 cm³/mol. The first-order valence-electron chi connectivity index (χ1n) is 14.3. The van der Waals surface area contributed by atoms with Crippen LogP contribution in [0.15, 0.2) is 36.7 Å². The molecule has 1 saturated heterocycles. The average Bonchev–Trinajstić information content (AvgIpc) is 2.89. The van der Waals surface area contributed by atoms with Crippen LogP contribution in [-0.4, -0.2) is 46.3 Å². The van der Waals surface area contributed by atoms with Crippen LogP contribution in [0.4, 0.5) is 14.5 Å². The molecule has 1 aliphatic heterocycles. The highest BCUT2D eigenvalue weighted by Gasteiger charge is 2.36. The van der Waals surface area contributed by atoms with Crippen LogP contribution in [0.1, 0.15) is 75.9 Å². The third-order valence-corrected chi connectivity index (χ3v) is 7.72. The topological polar surface area (TPSA) is 84.8 Å². The van der Waals surface area contributed by atoms with Gasteiger partial charge >= 0.3 is 5.97 Å². The lowest BCUT2D eigenvalue weighted by Crippen LogP contribution is -2.39. The lowest BCUT2D eigenvalue weighted by atomic mass is 9.82. The first kappa shape index (κ1) is 31.3. The van der Waals surface area contributed by atoms with Crippen molar-refractivity contribution in [1.82, 2.24) is 9.97 Å². The minimum atomic E-state index is -1.27. The number of benzene rings is 1. The first-order valence-corrected chi connectivity index (χ1v) is 14.3. The molecule has 3 aromatic rings. The molecule has 0 saturated carbocycles. The number of ether oxygens (including phenoxy) is 2. The standard InChI is InChI=1S/C33H41F2N3O4/c1-20-8-9-24(34)16-22(20)10-15-41-30-26(35)17-23(18-37-30)25-19-36-21(2)27(29(31(39)40)42-32(3,4)5)28(25)38-13-11-33(6,7)12-14-38/h8-9,16-19,29H,10-15H2,1-7H3,(H,39,40)/t29-/m0/s1.